The van der Waals surface area contributed by atoms with Gasteiger partial charge in [0.2, 0.25) is 0 Å². The van der Waals surface area contributed by atoms with Crippen molar-refractivity contribution < 1.29 is 8.42 Å². The lowest BCUT2D eigenvalue weighted by molar-refractivity contribution is 0.471. The van der Waals surface area contributed by atoms with E-state index in [-0.39, 0.29) is 4.21 Å². The molecule has 0 radical (unpaired) electrons. The molecule has 98 valence electrons. The van der Waals surface area contributed by atoms with Gasteiger partial charge in [0.25, 0.3) is 10.0 Å². The van der Waals surface area contributed by atoms with Gasteiger partial charge in [0.05, 0.1) is 8.67 Å². The van der Waals surface area contributed by atoms with Crippen LogP contribution < -0.4 is 0 Å². The van der Waals surface area contributed by atoms with Crippen molar-refractivity contribution in [1.82, 2.24) is 4.31 Å². The number of hydrogen-bond donors (Lipinski definition) is 0. The Kier molecular flexibility index (Phi) is 4.36. The second-order valence-corrected chi connectivity index (χ2v) is 9.31. The normalized spacial score (nSPS) is 12.2. The molecule has 0 aliphatic carbocycles. The Morgan fingerprint density at radius 1 is 1.11 bits per heavy atom. The molecule has 3 nitrogen and oxygen atoms in total. The molecule has 18 heavy (non-hydrogen) atoms. The van der Waals surface area contributed by atoms with Crippen molar-refractivity contribution >= 4 is 55.9 Å². The van der Waals surface area contributed by atoms with E-state index < -0.39 is 10.0 Å². The molecule has 8 heteroatoms. The summed E-state index contributed by atoms with van der Waals surface area (Å²) < 4.78 is 27.1. The van der Waals surface area contributed by atoms with Gasteiger partial charge in [0.15, 0.2) is 0 Å². The van der Waals surface area contributed by atoms with E-state index in [2.05, 4.69) is 0 Å². The highest BCUT2D eigenvalue weighted by Gasteiger charge is 2.23. The fourth-order valence-electron chi connectivity index (χ4n) is 1.33. The summed E-state index contributed by atoms with van der Waals surface area (Å²) in [6, 6.07) is 6.67. The van der Waals surface area contributed by atoms with Crippen LogP contribution in [0.2, 0.25) is 8.67 Å². The van der Waals surface area contributed by atoms with Gasteiger partial charge in [-0.1, -0.05) is 23.2 Å². The zero-order valence-electron chi connectivity index (χ0n) is 9.26. The van der Waals surface area contributed by atoms with Gasteiger partial charge in [-0.15, -0.1) is 22.7 Å². The van der Waals surface area contributed by atoms with E-state index in [4.69, 9.17) is 23.2 Å². The van der Waals surface area contributed by atoms with Crippen molar-refractivity contribution in [2.24, 2.45) is 0 Å². The summed E-state index contributed by atoms with van der Waals surface area (Å²) in [7, 11) is -1.94. The second kappa shape index (κ2) is 5.48. The van der Waals surface area contributed by atoms with Gasteiger partial charge in [0.1, 0.15) is 4.21 Å². The zero-order valence-corrected chi connectivity index (χ0v) is 13.2. The van der Waals surface area contributed by atoms with E-state index >= 15 is 0 Å². The van der Waals surface area contributed by atoms with E-state index in [0.29, 0.717) is 15.2 Å². The van der Waals surface area contributed by atoms with Gasteiger partial charge in [-0.2, -0.15) is 4.31 Å². The lowest BCUT2D eigenvalue weighted by atomic mass is 10.5. The maximum Gasteiger partial charge on any atom is 0.252 e. The summed E-state index contributed by atoms with van der Waals surface area (Å²) >= 11 is 14.0. The first-order valence-corrected chi connectivity index (χ1v) is 8.68. The minimum atomic E-state index is -3.48. The molecule has 0 spiro atoms. The third-order valence-electron chi connectivity index (χ3n) is 2.22. The summed E-state index contributed by atoms with van der Waals surface area (Å²) in [4.78, 5) is 0.897. The Balaban J connectivity index is 2.20. The van der Waals surface area contributed by atoms with E-state index in [1.807, 2.05) is 6.07 Å². The third-order valence-corrected chi connectivity index (χ3v) is 6.94. The van der Waals surface area contributed by atoms with Crippen molar-refractivity contribution in [3.63, 3.8) is 0 Å². The predicted molar refractivity (Wildman–Crippen MR) is 77.3 cm³/mol. The summed E-state index contributed by atoms with van der Waals surface area (Å²) in [5.41, 5.74) is 0. The second-order valence-electron chi connectivity index (χ2n) is 3.53. The average Bonchev–Trinajstić information content (AvgIpc) is 2.88. The molecule has 2 rings (SSSR count). The van der Waals surface area contributed by atoms with Gasteiger partial charge in [-0.05, 0) is 24.3 Å². The molecule has 0 saturated carbocycles. The molecule has 0 aliphatic heterocycles. The summed E-state index contributed by atoms with van der Waals surface area (Å²) in [6.07, 6.45) is 0. The molecular formula is C10H9Cl2NO2S3. The van der Waals surface area contributed by atoms with Crippen molar-refractivity contribution in [1.29, 1.82) is 0 Å². The van der Waals surface area contributed by atoms with E-state index in [9.17, 15) is 8.42 Å². The van der Waals surface area contributed by atoms with Crippen LogP contribution in [0.5, 0.6) is 0 Å². The summed E-state index contributed by atoms with van der Waals surface area (Å²) in [6.45, 7) is 0.301. The Labute approximate surface area is 124 Å². The molecule has 0 aromatic carbocycles. The maximum atomic E-state index is 12.2. The lowest BCUT2D eigenvalue weighted by Gasteiger charge is -2.14. The smallest absolute Gasteiger partial charge is 0.206 e. The van der Waals surface area contributed by atoms with Crippen LogP contribution in [0.25, 0.3) is 0 Å². The molecule has 0 aliphatic rings. The Morgan fingerprint density at radius 2 is 1.72 bits per heavy atom. The number of thiophene rings is 2. The quantitative estimate of drug-likeness (QED) is 0.844. The van der Waals surface area contributed by atoms with Crippen LogP contribution in [0.4, 0.5) is 0 Å². The van der Waals surface area contributed by atoms with Crippen LogP contribution in [0.3, 0.4) is 0 Å². The molecule has 2 aromatic rings. The number of nitrogens with zero attached hydrogens (tertiary/aromatic N) is 1. The fraction of sp³-hybridized carbons (Fsp3) is 0.200. The first-order chi connectivity index (χ1) is 8.39. The van der Waals surface area contributed by atoms with Gasteiger partial charge in [0, 0.05) is 18.5 Å². The molecule has 0 saturated heterocycles. The van der Waals surface area contributed by atoms with E-state index in [0.717, 1.165) is 16.2 Å². The SMILES string of the molecule is CN(Cc1ccc(Cl)s1)S(=O)(=O)c1ccc(Cl)s1. The van der Waals surface area contributed by atoms with Gasteiger partial charge in [-0.3, -0.25) is 0 Å². The third kappa shape index (κ3) is 3.07. The minimum absolute atomic E-state index is 0.248. The fourth-order valence-corrected chi connectivity index (χ4v) is 5.40. The molecular weight excluding hydrogens is 333 g/mol. The van der Waals surface area contributed by atoms with Crippen LogP contribution in [-0.2, 0) is 16.6 Å². The van der Waals surface area contributed by atoms with E-state index in [1.165, 1.54) is 28.8 Å². The van der Waals surface area contributed by atoms with Crippen molar-refractivity contribution in [2.75, 3.05) is 7.05 Å². The van der Waals surface area contributed by atoms with Crippen LogP contribution in [0, 0.1) is 0 Å². The van der Waals surface area contributed by atoms with Crippen LogP contribution in [-0.4, -0.2) is 19.8 Å². The minimum Gasteiger partial charge on any atom is -0.206 e. The highest BCUT2D eigenvalue weighted by molar-refractivity contribution is 7.91. The standard InChI is InChI=1S/C10H9Cl2NO2S3/c1-13(6-7-2-3-8(11)16-7)18(14,15)10-5-4-9(12)17-10/h2-5H,6H2,1H3. The van der Waals surface area contributed by atoms with Crippen molar-refractivity contribution in [3.8, 4) is 0 Å². The number of sulfonamides is 1. The van der Waals surface area contributed by atoms with Crippen LogP contribution in [0.1, 0.15) is 4.88 Å². The summed E-state index contributed by atoms with van der Waals surface area (Å²) in [5, 5.41) is 0. The number of halogens is 2. The molecule has 0 atom stereocenters. The molecule has 2 aromatic heterocycles. The Hall–Kier alpha value is -0.110. The maximum absolute atomic E-state index is 12.2. The first kappa shape index (κ1) is 14.3. The van der Waals surface area contributed by atoms with Gasteiger partial charge < -0.3 is 0 Å². The number of hydrogen-bond acceptors (Lipinski definition) is 4. The molecule has 0 unspecified atom stereocenters. The molecule has 0 N–H and O–H groups in total. The molecule has 2 heterocycles. The molecule has 0 fully saturated rings. The average molecular weight is 342 g/mol. The zero-order chi connectivity index (χ0) is 13.3. The first-order valence-electron chi connectivity index (χ1n) is 4.85. The highest BCUT2D eigenvalue weighted by atomic mass is 35.5. The Morgan fingerprint density at radius 3 is 2.22 bits per heavy atom. The highest BCUT2D eigenvalue weighted by Crippen LogP contribution is 2.29. The van der Waals surface area contributed by atoms with Crippen LogP contribution >= 0.6 is 45.9 Å². The van der Waals surface area contributed by atoms with Gasteiger partial charge in [-0.25, -0.2) is 8.42 Å². The van der Waals surface area contributed by atoms with Crippen molar-refractivity contribution in [3.05, 3.63) is 37.8 Å². The topological polar surface area (TPSA) is 37.4 Å². The molecule has 0 bridgehead atoms. The monoisotopic (exact) mass is 341 g/mol. The van der Waals surface area contributed by atoms with Gasteiger partial charge >= 0.3 is 0 Å². The lowest BCUT2D eigenvalue weighted by Crippen LogP contribution is -2.25. The Bertz CT molecular complexity index is 648. The summed E-state index contributed by atoms with van der Waals surface area (Å²) in [5.74, 6) is 0. The molecule has 0 amide bonds. The number of rotatable bonds is 4. The van der Waals surface area contributed by atoms with Crippen LogP contribution in [0.15, 0.2) is 28.5 Å². The largest absolute Gasteiger partial charge is 0.252 e. The predicted octanol–water partition coefficient (Wildman–Crippen LogP) is 3.94. The van der Waals surface area contributed by atoms with Crippen molar-refractivity contribution in [2.45, 2.75) is 10.8 Å². The van der Waals surface area contributed by atoms with E-state index in [1.54, 1.807) is 12.1 Å².